The number of unbranched alkanes of at least 4 members (excludes halogenated alkanes) is 11. The van der Waals surface area contributed by atoms with Crippen LogP contribution in [0.4, 0.5) is 0 Å². The number of hydrogen-bond acceptors (Lipinski definition) is 8. The van der Waals surface area contributed by atoms with Gasteiger partial charge < -0.3 is 46.3 Å². The van der Waals surface area contributed by atoms with Gasteiger partial charge in [0.1, 0.15) is 0 Å². The van der Waals surface area contributed by atoms with E-state index in [1.807, 2.05) is 0 Å². The molecular formula is C26H48O15. The summed E-state index contributed by atoms with van der Waals surface area (Å²) < 4.78 is 0. The first-order valence-electron chi connectivity index (χ1n) is 13.3. The quantitative estimate of drug-likeness (QED) is 0.0877. The molecule has 41 heavy (non-hydrogen) atoms. The van der Waals surface area contributed by atoms with Crippen molar-refractivity contribution in [2.24, 2.45) is 0 Å². The van der Waals surface area contributed by atoms with Crippen LogP contribution in [-0.2, 0) is 28.8 Å². The summed E-state index contributed by atoms with van der Waals surface area (Å²) in [6.07, 6.45) is 12.9. The Bertz CT molecular complexity index is 683. The molecule has 0 amide bonds. The molecule has 0 aromatic rings. The predicted octanol–water partition coefficient (Wildman–Crippen LogP) is 2.39. The third-order valence-electron chi connectivity index (χ3n) is 5.53. The molecule has 0 saturated heterocycles. The second-order valence-corrected chi connectivity index (χ2v) is 9.49. The van der Waals surface area contributed by atoms with Crippen molar-refractivity contribution in [1.29, 1.82) is 0 Å². The van der Waals surface area contributed by atoms with Crippen molar-refractivity contribution >= 4 is 35.8 Å². The molecule has 0 heterocycles. The van der Waals surface area contributed by atoms with Gasteiger partial charge in [0.15, 0.2) is 11.2 Å². The van der Waals surface area contributed by atoms with Crippen LogP contribution in [-0.4, -0.2) is 93.3 Å². The van der Waals surface area contributed by atoms with E-state index in [1.165, 1.54) is 77.0 Å². The zero-order valence-corrected chi connectivity index (χ0v) is 23.8. The molecule has 15 nitrogen and oxygen atoms in total. The van der Waals surface area contributed by atoms with Gasteiger partial charge in [0.25, 0.3) is 0 Å². The average molecular weight is 601 g/mol. The number of aliphatic carboxylic acids is 6. The molecule has 0 atom stereocenters. The van der Waals surface area contributed by atoms with Crippen LogP contribution >= 0.6 is 0 Å². The van der Waals surface area contributed by atoms with E-state index in [4.69, 9.17) is 40.9 Å². The molecule has 0 spiro atoms. The minimum absolute atomic E-state index is 0. The summed E-state index contributed by atoms with van der Waals surface area (Å²) in [5, 5.41) is 67.6. The maximum atomic E-state index is 10.3. The Hall–Kier alpha value is -3.30. The van der Waals surface area contributed by atoms with Crippen molar-refractivity contribution in [3.63, 3.8) is 0 Å². The number of carboxylic acids is 6. The van der Waals surface area contributed by atoms with Crippen molar-refractivity contribution < 1.29 is 75.1 Å². The zero-order valence-electron chi connectivity index (χ0n) is 23.8. The van der Waals surface area contributed by atoms with Gasteiger partial charge in [0.05, 0.1) is 25.7 Å². The van der Waals surface area contributed by atoms with Crippen molar-refractivity contribution in [2.75, 3.05) is 0 Å². The van der Waals surface area contributed by atoms with Gasteiger partial charge in [0, 0.05) is 0 Å². The summed E-state index contributed by atoms with van der Waals surface area (Å²) >= 11 is 0. The lowest BCUT2D eigenvalue weighted by Crippen LogP contribution is -2.42. The molecule has 0 unspecified atom stereocenters. The standard InChI is InChI=1S/C14H30.2C6H8O7.H2O/c1-3-5-7-9-11-13-14-12-10-8-6-4-2;2*7-3(8)1-6(13,5(11)12)2-4(9)10;/h3-14H2,1-2H3;2*13H,1-2H2,(H,7,8)(H,9,10)(H,11,12);1H2. The van der Waals surface area contributed by atoms with E-state index in [2.05, 4.69) is 13.8 Å². The van der Waals surface area contributed by atoms with E-state index in [9.17, 15) is 28.8 Å². The first-order chi connectivity index (χ1) is 18.5. The van der Waals surface area contributed by atoms with Gasteiger partial charge in [-0.2, -0.15) is 0 Å². The first kappa shape index (κ1) is 44.7. The summed E-state index contributed by atoms with van der Waals surface area (Å²) in [6, 6.07) is 0. The number of hydrogen-bond donors (Lipinski definition) is 8. The molecule has 0 fully saturated rings. The van der Waals surface area contributed by atoms with Crippen molar-refractivity contribution in [3.8, 4) is 0 Å². The fourth-order valence-electron chi connectivity index (χ4n) is 3.34. The molecule has 0 aliphatic carbocycles. The van der Waals surface area contributed by atoms with Crippen LogP contribution in [0.1, 0.15) is 117 Å². The SMILES string of the molecule is CCCCCCCCCCCCCC.O.O=C(O)CC(O)(CC(=O)O)C(=O)O.O=C(O)CC(O)(CC(=O)O)C(=O)O. The summed E-state index contributed by atoms with van der Waals surface area (Å²) in [7, 11) is 0. The number of carbonyl (C=O) groups is 6. The molecule has 0 aliphatic heterocycles. The van der Waals surface area contributed by atoms with Gasteiger partial charge in [-0.25, -0.2) is 9.59 Å². The van der Waals surface area contributed by atoms with Crippen LogP contribution in [0.3, 0.4) is 0 Å². The molecule has 10 N–H and O–H groups in total. The maximum Gasteiger partial charge on any atom is 0.336 e. The summed E-state index contributed by atoms with van der Waals surface area (Å²) in [5.74, 6) is -10.0. The van der Waals surface area contributed by atoms with Gasteiger partial charge in [0.2, 0.25) is 0 Å². The van der Waals surface area contributed by atoms with E-state index in [0.717, 1.165) is 0 Å². The van der Waals surface area contributed by atoms with Crippen LogP contribution in [0.2, 0.25) is 0 Å². The largest absolute Gasteiger partial charge is 0.481 e. The third kappa shape index (κ3) is 28.0. The second-order valence-electron chi connectivity index (χ2n) is 9.49. The monoisotopic (exact) mass is 600 g/mol. The lowest BCUT2D eigenvalue weighted by atomic mass is 9.96. The molecular weight excluding hydrogens is 552 g/mol. The fourth-order valence-corrected chi connectivity index (χ4v) is 3.34. The number of carboxylic acid groups (broad SMARTS) is 6. The molecule has 0 aliphatic rings. The smallest absolute Gasteiger partial charge is 0.336 e. The summed E-state index contributed by atoms with van der Waals surface area (Å²) in [5.41, 5.74) is -5.48. The van der Waals surface area contributed by atoms with E-state index in [-0.39, 0.29) is 5.48 Å². The van der Waals surface area contributed by atoms with Gasteiger partial charge in [-0.05, 0) is 0 Å². The molecule has 0 radical (unpaired) electrons. The highest BCUT2D eigenvalue weighted by Crippen LogP contribution is 2.16. The van der Waals surface area contributed by atoms with Crippen LogP contribution in [0, 0.1) is 0 Å². The van der Waals surface area contributed by atoms with Crippen molar-refractivity contribution in [3.05, 3.63) is 0 Å². The maximum absolute atomic E-state index is 10.3. The molecule has 0 aromatic carbocycles. The Labute approximate surface area is 239 Å². The minimum atomic E-state index is -2.74. The van der Waals surface area contributed by atoms with Gasteiger partial charge in [-0.1, -0.05) is 90.9 Å². The highest BCUT2D eigenvalue weighted by Gasteiger charge is 2.41. The van der Waals surface area contributed by atoms with E-state index >= 15 is 0 Å². The van der Waals surface area contributed by atoms with Gasteiger partial charge >= 0.3 is 35.8 Å². The lowest BCUT2D eigenvalue weighted by molar-refractivity contribution is -0.170. The Morgan fingerprint density at radius 2 is 0.585 bits per heavy atom. The van der Waals surface area contributed by atoms with Gasteiger partial charge in [-0.3, -0.25) is 19.2 Å². The zero-order chi connectivity index (χ0) is 31.8. The molecule has 242 valence electrons. The first-order valence-corrected chi connectivity index (χ1v) is 13.3. The predicted molar refractivity (Wildman–Crippen MR) is 145 cm³/mol. The highest BCUT2D eigenvalue weighted by atomic mass is 16.4. The molecule has 0 saturated carbocycles. The second kappa shape index (κ2) is 25.7. The molecule has 0 aromatic heterocycles. The average Bonchev–Trinajstić information content (AvgIpc) is 2.79. The van der Waals surface area contributed by atoms with E-state index in [0.29, 0.717) is 0 Å². The molecule has 15 heteroatoms. The Morgan fingerprint density at radius 3 is 0.707 bits per heavy atom. The topological polar surface area (TPSA) is 296 Å². The lowest BCUT2D eigenvalue weighted by Gasteiger charge is -2.18. The van der Waals surface area contributed by atoms with Crippen LogP contribution < -0.4 is 0 Å². The summed E-state index contributed by atoms with van der Waals surface area (Å²) in [6.45, 7) is 4.57. The number of rotatable bonds is 21. The Balaban J connectivity index is -0.000000248. The van der Waals surface area contributed by atoms with Crippen LogP contribution in [0.15, 0.2) is 0 Å². The normalized spacial score (nSPS) is 10.5. The third-order valence-corrected chi connectivity index (χ3v) is 5.53. The highest BCUT2D eigenvalue weighted by molar-refractivity contribution is 5.88. The Kier molecular flexibility index (Phi) is 28.0. The van der Waals surface area contributed by atoms with Crippen LogP contribution in [0.5, 0.6) is 0 Å². The van der Waals surface area contributed by atoms with E-state index in [1.54, 1.807) is 0 Å². The minimum Gasteiger partial charge on any atom is -0.481 e. The fraction of sp³-hybridized carbons (Fsp3) is 0.769. The molecule has 0 rings (SSSR count). The van der Waals surface area contributed by atoms with Gasteiger partial charge in [-0.15, -0.1) is 0 Å². The summed E-state index contributed by atoms with van der Waals surface area (Å²) in [4.78, 5) is 61.0. The van der Waals surface area contributed by atoms with Crippen molar-refractivity contribution in [1.82, 2.24) is 0 Å². The van der Waals surface area contributed by atoms with Crippen LogP contribution in [0.25, 0.3) is 0 Å². The number of aliphatic hydroxyl groups is 2. The molecule has 0 bridgehead atoms. The Morgan fingerprint density at radius 1 is 0.415 bits per heavy atom. The van der Waals surface area contributed by atoms with E-state index < -0.39 is 72.7 Å². The van der Waals surface area contributed by atoms with Crippen molar-refractivity contribution in [2.45, 2.75) is 128 Å².